The fraction of sp³-hybridized carbons (Fsp3) is 0.263. The lowest BCUT2D eigenvalue weighted by molar-refractivity contribution is 0.576. The Morgan fingerprint density at radius 2 is 2.08 bits per heavy atom. The van der Waals surface area contributed by atoms with Crippen LogP contribution in [0.5, 0.6) is 0 Å². The second kappa shape index (κ2) is 7.02. The van der Waals surface area contributed by atoms with Crippen molar-refractivity contribution in [3.63, 3.8) is 0 Å². The second-order valence-corrected chi connectivity index (χ2v) is 6.07. The summed E-state index contributed by atoms with van der Waals surface area (Å²) < 4.78 is 16.4. The monoisotopic (exact) mass is 341 g/mol. The molecule has 2 aromatic carbocycles. The van der Waals surface area contributed by atoms with E-state index in [1.54, 1.807) is 12.1 Å². The van der Waals surface area contributed by atoms with Crippen molar-refractivity contribution in [3.05, 3.63) is 64.6 Å². The molecule has 24 heavy (non-hydrogen) atoms. The van der Waals surface area contributed by atoms with Crippen LogP contribution in [0.4, 0.5) is 4.39 Å². The highest BCUT2D eigenvalue weighted by Crippen LogP contribution is 2.35. The van der Waals surface area contributed by atoms with E-state index in [1.807, 2.05) is 35.9 Å². The number of benzene rings is 2. The largest absolute Gasteiger partial charge is 0.265 e. The number of rotatable bonds is 5. The fourth-order valence-corrected chi connectivity index (χ4v) is 3.24. The SMILES string of the molecule is CCn1nc(C(CCC#N)c2ccc(Cl)cc2F)c2ccccc21. The molecule has 0 aliphatic heterocycles. The van der Waals surface area contributed by atoms with E-state index in [0.29, 0.717) is 23.4 Å². The quantitative estimate of drug-likeness (QED) is 0.633. The summed E-state index contributed by atoms with van der Waals surface area (Å²) >= 11 is 5.88. The van der Waals surface area contributed by atoms with Crippen LogP contribution < -0.4 is 0 Å². The average molecular weight is 342 g/mol. The molecule has 0 aliphatic carbocycles. The van der Waals surface area contributed by atoms with Gasteiger partial charge in [0.05, 0.1) is 17.3 Å². The van der Waals surface area contributed by atoms with Crippen molar-refractivity contribution in [2.75, 3.05) is 0 Å². The molecule has 1 unspecified atom stereocenters. The van der Waals surface area contributed by atoms with Crippen molar-refractivity contribution in [2.24, 2.45) is 0 Å². The number of aryl methyl sites for hydroxylation is 1. The van der Waals surface area contributed by atoms with Gasteiger partial charge in [0.1, 0.15) is 5.82 Å². The van der Waals surface area contributed by atoms with Gasteiger partial charge < -0.3 is 0 Å². The minimum atomic E-state index is -0.361. The first kappa shape index (κ1) is 16.5. The molecule has 0 saturated heterocycles. The Morgan fingerprint density at radius 3 is 2.79 bits per heavy atom. The van der Waals surface area contributed by atoms with Crippen LogP contribution in [-0.2, 0) is 6.54 Å². The first-order valence-electron chi connectivity index (χ1n) is 7.93. The molecule has 0 spiro atoms. The lowest BCUT2D eigenvalue weighted by Crippen LogP contribution is -2.06. The Bertz CT molecular complexity index is 911. The number of hydrogen-bond acceptors (Lipinski definition) is 2. The zero-order valence-electron chi connectivity index (χ0n) is 13.3. The normalized spacial score (nSPS) is 12.2. The summed E-state index contributed by atoms with van der Waals surface area (Å²) in [7, 11) is 0. The molecule has 122 valence electrons. The number of aromatic nitrogens is 2. The van der Waals surface area contributed by atoms with Gasteiger partial charge in [-0.3, -0.25) is 4.68 Å². The Hall–Kier alpha value is -2.38. The highest BCUT2D eigenvalue weighted by molar-refractivity contribution is 6.30. The molecule has 0 aliphatic rings. The van der Waals surface area contributed by atoms with Gasteiger partial charge in [-0.25, -0.2) is 4.39 Å². The standard InChI is InChI=1S/C19H17ClFN3/c1-2-24-18-8-4-3-6-16(18)19(23-24)15(7-5-11-22)14-10-9-13(20)12-17(14)21/h3-4,6,8-10,12,15H,2,5,7H2,1H3. The summed E-state index contributed by atoms with van der Waals surface area (Å²) in [5, 5.41) is 15.1. The van der Waals surface area contributed by atoms with Crippen LogP contribution >= 0.6 is 11.6 Å². The Balaban J connectivity index is 2.18. The molecular formula is C19H17ClFN3. The van der Waals surface area contributed by atoms with E-state index in [-0.39, 0.29) is 11.7 Å². The third kappa shape index (κ3) is 3.00. The molecule has 0 bridgehead atoms. The van der Waals surface area contributed by atoms with E-state index < -0.39 is 0 Å². The first-order chi connectivity index (χ1) is 11.7. The molecule has 0 saturated carbocycles. The van der Waals surface area contributed by atoms with Crippen molar-refractivity contribution < 1.29 is 4.39 Å². The Labute approximate surface area is 145 Å². The number of para-hydroxylation sites is 1. The molecule has 1 heterocycles. The number of fused-ring (bicyclic) bond motifs is 1. The first-order valence-corrected chi connectivity index (χ1v) is 8.30. The van der Waals surface area contributed by atoms with Crippen molar-refractivity contribution in [2.45, 2.75) is 32.2 Å². The molecule has 0 fully saturated rings. The van der Waals surface area contributed by atoms with Gasteiger partial charge >= 0.3 is 0 Å². The van der Waals surface area contributed by atoms with Crippen LogP contribution in [0.3, 0.4) is 0 Å². The van der Waals surface area contributed by atoms with E-state index in [0.717, 1.165) is 23.1 Å². The lowest BCUT2D eigenvalue weighted by atomic mass is 9.89. The van der Waals surface area contributed by atoms with Crippen LogP contribution in [0.25, 0.3) is 10.9 Å². The molecule has 3 aromatic rings. The van der Waals surface area contributed by atoms with Crippen molar-refractivity contribution in [1.29, 1.82) is 5.26 Å². The van der Waals surface area contributed by atoms with Crippen LogP contribution in [0.2, 0.25) is 5.02 Å². The van der Waals surface area contributed by atoms with E-state index in [1.165, 1.54) is 6.07 Å². The van der Waals surface area contributed by atoms with E-state index >= 15 is 0 Å². The van der Waals surface area contributed by atoms with Crippen LogP contribution in [0, 0.1) is 17.1 Å². The maximum Gasteiger partial charge on any atom is 0.128 e. The van der Waals surface area contributed by atoms with Gasteiger partial charge in [0, 0.05) is 29.3 Å². The molecule has 3 nitrogen and oxygen atoms in total. The number of nitriles is 1. The van der Waals surface area contributed by atoms with Gasteiger partial charge in [0.15, 0.2) is 0 Å². The summed E-state index contributed by atoms with van der Waals surface area (Å²) in [6.07, 6.45) is 0.847. The number of hydrogen-bond donors (Lipinski definition) is 0. The van der Waals surface area contributed by atoms with Gasteiger partial charge in [-0.15, -0.1) is 0 Å². The van der Waals surface area contributed by atoms with Gasteiger partial charge in [-0.05, 0) is 37.1 Å². The third-order valence-corrected chi connectivity index (χ3v) is 4.43. The Morgan fingerprint density at radius 1 is 1.29 bits per heavy atom. The topological polar surface area (TPSA) is 41.6 Å². The zero-order valence-corrected chi connectivity index (χ0v) is 14.1. The van der Waals surface area contributed by atoms with Crippen molar-refractivity contribution in [3.8, 4) is 6.07 Å². The van der Waals surface area contributed by atoms with Crippen molar-refractivity contribution >= 4 is 22.5 Å². The maximum atomic E-state index is 14.5. The highest BCUT2D eigenvalue weighted by Gasteiger charge is 2.23. The van der Waals surface area contributed by atoms with E-state index in [4.69, 9.17) is 22.0 Å². The molecule has 1 atom stereocenters. The predicted molar refractivity (Wildman–Crippen MR) is 93.5 cm³/mol. The summed E-state index contributed by atoms with van der Waals surface area (Å²) in [4.78, 5) is 0. The number of halogens is 2. The second-order valence-electron chi connectivity index (χ2n) is 5.63. The minimum absolute atomic E-state index is 0.278. The van der Waals surface area contributed by atoms with E-state index in [2.05, 4.69) is 6.07 Å². The zero-order chi connectivity index (χ0) is 17.1. The molecule has 0 amide bonds. The molecule has 0 radical (unpaired) electrons. The van der Waals surface area contributed by atoms with Crippen molar-refractivity contribution in [1.82, 2.24) is 9.78 Å². The molecule has 3 rings (SSSR count). The maximum absolute atomic E-state index is 14.5. The van der Waals surface area contributed by atoms with Gasteiger partial charge in [0.25, 0.3) is 0 Å². The summed E-state index contributed by atoms with van der Waals surface area (Å²) in [5.41, 5.74) is 2.36. The van der Waals surface area contributed by atoms with Gasteiger partial charge in [0.2, 0.25) is 0 Å². The van der Waals surface area contributed by atoms with Gasteiger partial charge in [-0.2, -0.15) is 10.4 Å². The smallest absolute Gasteiger partial charge is 0.128 e. The summed E-state index contributed by atoms with van der Waals surface area (Å²) in [5.74, 6) is -0.639. The molecular weight excluding hydrogens is 325 g/mol. The summed E-state index contributed by atoms with van der Waals surface area (Å²) in [6, 6.07) is 14.8. The molecule has 0 N–H and O–H groups in total. The number of nitrogens with zero attached hydrogens (tertiary/aromatic N) is 3. The minimum Gasteiger partial charge on any atom is -0.265 e. The average Bonchev–Trinajstić information content (AvgIpc) is 2.95. The molecule has 5 heteroatoms. The van der Waals surface area contributed by atoms with Crippen LogP contribution in [-0.4, -0.2) is 9.78 Å². The Kier molecular flexibility index (Phi) is 4.82. The lowest BCUT2D eigenvalue weighted by Gasteiger charge is -2.15. The third-order valence-electron chi connectivity index (χ3n) is 4.20. The molecule has 1 aromatic heterocycles. The fourth-order valence-electron chi connectivity index (χ4n) is 3.08. The van der Waals surface area contributed by atoms with Crippen LogP contribution in [0.15, 0.2) is 42.5 Å². The van der Waals surface area contributed by atoms with Crippen LogP contribution in [0.1, 0.15) is 36.9 Å². The van der Waals surface area contributed by atoms with E-state index in [9.17, 15) is 4.39 Å². The van der Waals surface area contributed by atoms with Gasteiger partial charge in [-0.1, -0.05) is 35.9 Å². The summed E-state index contributed by atoms with van der Waals surface area (Å²) in [6.45, 7) is 2.75. The highest BCUT2D eigenvalue weighted by atomic mass is 35.5. The predicted octanol–water partition coefficient (Wildman–Crippen LogP) is 5.28.